The van der Waals surface area contributed by atoms with E-state index in [2.05, 4.69) is 10.3 Å². The van der Waals surface area contributed by atoms with E-state index in [0.29, 0.717) is 0 Å². The van der Waals surface area contributed by atoms with E-state index in [1.54, 1.807) is 6.20 Å². The molecule has 1 fully saturated rings. The Morgan fingerprint density at radius 1 is 1.32 bits per heavy atom. The van der Waals surface area contributed by atoms with Crippen LogP contribution in [-0.2, 0) is 4.74 Å². The zero-order valence-corrected chi connectivity index (χ0v) is 10.9. The third-order valence-electron chi connectivity index (χ3n) is 3.44. The van der Waals surface area contributed by atoms with Crippen LogP contribution in [-0.4, -0.2) is 24.7 Å². The largest absolute Gasteiger partial charge is 0.397 e. The highest BCUT2D eigenvalue weighted by Crippen LogP contribution is 2.29. The lowest BCUT2D eigenvalue weighted by Crippen LogP contribution is -2.11. The lowest BCUT2D eigenvalue weighted by molar-refractivity contribution is 0.134. The van der Waals surface area contributed by atoms with E-state index >= 15 is 0 Å². The Kier molecular flexibility index (Phi) is 3.51. The molecule has 1 aliphatic carbocycles. The van der Waals surface area contributed by atoms with E-state index in [0.717, 1.165) is 48.0 Å². The van der Waals surface area contributed by atoms with Crippen LogP contribution in [0.1, 0.15) is 12.8 Å². The molecule has 0 radical (unpaired) electrons. The van der Waals surface area contributed by atoms with Gasteiger partial charge in [0.15, 0.2) is 0 Å². The van der Waals surface area contributed by atoms with E-state index in [-0.39, 0.29) is 0 Å². The van der Waals surface area contributed by atoms with Crippen molar-refractivity contribution in [2.24, 2.45) is 5.92 Å². The monoisotopic (exact) mass is 257 g/mol. The normalized spacial score (nSPS) is 14.7. The van der Waals surface area contributed by atoms with Crippen LogP contribution in [0.5, 0.6) is 0 Å². The average Bonchev–Trinajstić information content (AvgIpc) is 3.25. The second kappa shape index (κ2) is 5.45. The number of anilines is 2. The molecular formula is C15H19N3O. The molecule has 4 nitrogen and oxygen atoms in total. The molecule has 19 heavy (non-hydrogen) atoms. The van der Waals surface area contributed by atoms with Gasteiger partial charge in [0.25, 0.3) is 0 Å². The van der Waals surface area contributed by atoms with Gasteiger partial charge in [0, 0.05) is 24.7 Å². The molecule has 3 N–H and O–H groups in total. The highest BCUT2D eigenvalue weighted by molar-refractivity contribution is 5.96. The van der Waals surface area contributed by atoms with Gasteiger partial charge in [-0.25, -0.2) is 0 Å². The van der Waals surface area contributed by atoms with Crippen molar-refractivity contribution in [2.75, 3.05) is 30.8 Å². The van der Waals surface area contributed by atoms with Crippen molar-refractivity contribution in [1.29, 1.82) is 0 Å². The molecule has 100 valence electrons. The summed E-state index contributed by atoms with van der Waals surface area (Å²) in [5.74, 6) is 0.816. The first kappa shape index (κ1) is 12.2. The predicted octanol–water partition coefficient (Wildman–Crippen LogP) is 2.66. The molecule has 0 unspecified atom stereocenters. The first-order valence-corrected chi connectivity index (χ1v) is 6.79. The topological polar surface area (TPSA) is 60.2 Å². The van der Waals surface area contributed by atoms with E-state index in [1.807, 2.05) is 24.3 Å². The predicted molar refractivity (Wildman–Crippen MR) is 78.2 cm³/mol. The number of aromatic nitrogens is 1. The molecule has 0 spiro atoms. The summed E-state index contributed by atoms with van der Waals surface area (Å²) in [6.45, 7) is 2.41. The van der Waals surface area contributed by atoms with Gasteiger partial charge in [-0.1, -0.05) is 0 Å². The van der Waals surface area contributed by atoms with Crippen molar-refractivity contribution in [3.8, 4) is 0 Å². The van der Waals surface area contributed by atoms with Crippen molar-refractivity contribution >= 4 is 22.3 Å². The highest BCUT2D eigenvalue weighted by Gasteiger charge is 2.20. The Bertz CT molecular complexity index is 566. The van der Waals surface area contributed by atoms with Crippen LogP contribution in [0, 0.1) is 5.92 Å². The Labute approximate surface area is 113 Å². The van der Waals surface area contributed by atoms with Gasteiger partial charge in [0.1, 0.15) is 0 Å². The minimum absolute atomic E-state index is 0.723. The number of ether oxygens (including phenoxy) is 1. The maximum absolute atomic E-state index is 6.15. The number of hydrogen-bond donors (Lipinski definition) is 2. The molecule has 4 heteroatoms. The first-order chi connectivity index (χ1) is 9.34. The summed E-state index contributed by atoms with van der Waals surface area (Å²) in [4.78, 5) is 4.29. The maximum Gasteiger partial charge on any atom is 0.0724 e. The van der Waals surface area contributed by atoms with Crippen LogP contribution in [0.2, 0.25) is 0 Å². The number of benzene rings is 1. The standard InChI is InChI=1S/C15H19N3O/c16-15-12-2-1-7-17-13(12)5-6-14(15)18-8-9-19-10-11-3-4-11/h1-2,5-7,11,18H,3-4,8-10,16H2. The minimum atomic E-state index is 0.723. The fraction of sp³-hybridized carbons (Fsp3) is 0.400. The van der Waals surface area contributed by atoms with Gasteiger partial charge in [-0.3, -0.25) is 4.98 Å². The number of nitrogens with zero attached hydrogens (tertiary/aromatic N) is 1. The third kappa shape index (κ3) is 2.96. The number of fused-ring (bicyclic) bond motifs is 1. The van der Waals surface area contributed by atoms with Crippen molar-refractivity contribution in [1.82, 2.24) is 4.98 Å². The molecule has 1 aromatic carbocycles. The van der Waals surface area contributed by atoms with E-state index in [1.165, 1.54) is 12.8 Å². The van der Waals surface area contributed by atoms with E-state index in [4.69, 9.17) is 10.5 Å². The lowest BCUT2D eigenvalue weighted by Gasteiger charge is -2.11. The minimum Gasteiger partial charge on any atom is -0.397 e. The zero-order chi connectivity index (χ0) is 13.1. The fourth-order valence-electron chi connectivity index (χ4n) is 2.12. The molecule has 1 heterocycles. The van der Waals surface area contributed by atoms with Gasteiger partial charge in [-0.2, -0.15) is 0 Å². The molecule has 0 atom stereocenters. The molecule has 1 aliphatic rings. The maximum atomic E-state index is 6.15. The number of rotatable bonds is 6. The molecule has 1 aromatic heterocycles. The first-order valence-electron chi connectivity index (χ1n) is 6.79. The van der Waals surface area contributed by atoms with Crippen LogP contribution >= 0.6 is 0 Å². The van der Waals surface area contributed by atoms with Gasteiger partial charge in [-0.15, -0.1) is 0 Å². The SMILES string of the molecule is Nc1c(NCCOCC2CC2)ccc2ncccc12. The van der Waals surface area contributed by atoms with Gasteiger partial charge in [-0.05, 0) is 43.0 Å². The second-order valence-corrected chi connectivity index (χ2v) is 5.04. The van der Waals surface area contributed by atoms with Crippen molar-refractivity contribution < 1.29 is 4.74 Å². The summed E-state index contributed by atoms with van der Waals surface area (Å²) in [6.07, 6.45) is 4.44. The lowest BCUT2D eigenvalue weighted by atomic mass is 10.1. The Balaban J connectivity index is 1.58. The second-order valence-electron chi connectivity index (χ2n) is 5.04. The average molecular weight is 257 g/mol. The number of pyridine rings is 1. The molecule has 0 saturated heterocycles. The van der Waals surface area contributed by atoms with Crippen LogP contribution in [0.15, 0.2) is 30.5 Å². The fourth-order valence-corrected chi connectivity index (χ4v) is 2.12. The number of nitrogens with one attached hydrogen (secondary N) is 1. The summed E-state index contributed by atoms with van der Waals surface area (Å²) >= 11 is 0. The van der Waals surface area contributed by atoms with Crippen LogP contribution in [0.4, 0.5) is 11.4 Å². The van der Waals surface area contributed by atoms with Crippen LogP contribution < -0.4 is 11.1 Å². The molecular weight excluding hydrogens is 238 g/mol. The Hall–Kier alpha value is -1.81. The summed E-state index contributed by atoms with van der Waals surface area (Å²) in [7, 11) is 0. The van der Waals surface area contributed by atoms with Gasteiger partial charge >= 0.3 is 0 Å². The molecule has 0 amide bonds. The molecule has 0 aliphatic heterocycles. The van der Waals surface area contributed by atoms with Crippen molar-refractivity contribution in [2.45, 2.75) is 12.8 Å². The molecule has 1 saturated carbocycles. The summed E-state index contributed by atoms with van der Waals surface area (Å²) in [5.41, 5.74) is 8.79. The number of nitrogen functional groups attached to an aromatic ring is 1. The number of nitrogens with two attached hydrogens (primary N) is 1. The Morgan fingerprint density at radius 3 is 3.05 bits per heavy atom. The third-order valence-corrected chi connectivity index (χ3v) is 3.44. The van der Waals surface area contributed by atoms with Crippen LogP contribution in [0.3, 0.4) is 0 Å². The molecule has 0 bridgehead atoms. The van der Waals surface area contributed by atoms with Gasteiger partial charge in [0.2, 0.25) is 0 Å². The van der Waals surface area contributed by atoms with Crippen molar-refractivity contribution in [3.63, 3.8) is 0 Å². The Morgan fingerprint density at radius 2 is 2.21 bits per heavy atom. The quantitative estimate of drug-likeness (QED) is 0.617. The van der Waals surface area contributed by atoms with Gasteiger partial charge < -0.3 is 15.8 Å². The molecule has 2 aromatic rings. The zero-order valence-electron chi connectivity index (χ0n) is 10.9. The van der Waals surface area contributed by atoms with E-state index in [9.17, 15) is 0 Å². The molecule has 3 rings (SSSR count). The number of hydrogen-bond acceptors (Lipinski definition) is 4. The van der Waals surface area contributed by atoms with Crippen LogP contribution in [0.25, 0.3) is 10.9 Å². The van der Waals surface area contributed by atoms with Crippen molar-refractivity contribution in [3.05, 3.63) is 30.5 Å². The smallest absolute Gasteiger partial charge is 0.0724 e. The van der Waals surface area contributed by atoms with E-state index < -0.39 is 0 Å². The summed E-state index contributed by atoms with van der Waals surface area (Å²) in [5, 5.41) is 4.31. The summed E-state index contributed by atoms with van der Waals surface area (Å²) < 4.78 is 5.59. The summed E-state index contributed by atoms with van der Waals surface area (Å²) in [6, 6.07) is 7.86. The van der Waals surface area contributed by atoms with Gasteiger partial charge in [0.05, 0.1) is 23.5 Å². The highest BCUT2D eigenvalue weighted by atomic mass is 16.5.